The van der Waals surface area contributed by atoms with Crippen LogP contribution in [0.2, 0.25) is 0 Å². The molecule has 0 fully saturated rings. The van der Waals surface area contributed by atoms with Gasteiger partial charge in [0.25, 0.3) is 0 Å². The number of hydrogen-bond acceptors (Lipinski definition) is 2. The van der Waals surface area contributed by atoms with E-state index in [-0.39, 0.29) is 5.82 Å². The lowest BCUT2D eigenvalue weighted by Gasteiger charge is -2.14. The van der Waals surface area contributed by atoms with Gasteiger partial charge in [0.2, 0.25) is 0 Å². The van der Waals surface area contributed by atoms with E-state index in [2.05, 4.69) is 16.9 Å². The van der Waals surface area contributed by atoms with Crippen molar-refractivity contribution in [3.05, 3.63) is 48.5 Å². The molecule has 0 aliphatic heterocycles. The highest BCUT2D eigenvalue weighted by Crippen LogP contribution is 2.28. The molecule has 1 aromatic carbocycles. The minimum Gasteiger partial charge on any atom is -0.360 e. The highest BCUT2D eigenvalue weighted by molar-refractivity contribution is 7.82. The van der Waals surface area contributed by atoms with Crippen LogP contribution in [0, 0.1) is 5.82 Å². The van der Waals surface area contributed by atoms with Crippen molar-refractivity contribution in [3.8, 4) is 11.1 Å². The third kappa shape index (κ3) is 5.23. The van der Waals surface area contributed by atoms with Gasteiger partial charge in [-0.2, -0.15) is 0 Å². The van der Waals surface area contributed by atoms with Gasteiger partial charge in [-0.3, -0.25) is 0 Å². The van der Waals surface area contributed by atoms with Gasteiger partial charge in [0.05, 0.1) is 0 Å². The van der Waals surface area contributed by atoms with Crippen LogP contribution in [0.4, 0.5) is 4.39 Å². The average molecular weight is 390 g/mol. The minimum atomic E-state index is -1.25. The first kappa shape index (κ1) is 21.3. The number of fused-ring (bicyclic) bond motifs is 1. The first-order chi connectivity index (χ1) is 13.1. The lowest BCUT2D eigenvalue weighted by atomic mass is 10.1. The van der Waals surface area contributed by atoms with Crippen LogP contribution in [-0.2, 0) is 11.0 Å². The van der Waals surface area contributed by atoms with Crippen LogP contribution in [-0.4, -0.2) is 32.1 Å². The van der Waals surface area contributed by atoms with Crippen molar-refractivity contribution < 1.29 is 8.60 Å². The maximum absolute atomic E-state index is 13.3. The second kappa shape index (κ2) is 10.3. The summed E-state index contributed by atoms with van der Waals surface area (Å²) in [7, 11) is 0.605. The van der Waals surface area contributed by atoms with E-state index in [4.69, 9.17) is 0 Å². The van der Waals surface area contributed by atoms with Crippen molar-refractivity contribution >= 4 is 21.9 Å². The number of pyridine rings is 1. The van der Waals surface area contributed by atoms with Crippen LogP contribution in [0.3, 0.4) is 0 Å². The standard InChI is InChI=1S/C19H22FN3OS.C2H6/c1-3-4-5-10-23(2)25(24)19-9-6-14(12-22-19)17-13-21-18-11-15(20)7-8-16(17)18;1-2/h6-9,11-13,21H,3-5,10H2,1-2H3;1-2H3. The van der Waals surface area contributed by atoms with Gasteiger partial charge in [-0.05, 0) is 36.8 Å². The number of halogens is 1. The van der Waals surface area contributed by atoms with E-state index < -0.39 is 11.0 Å². The van der Waals surface area contributed by atoms with Crippen molar-refractivity contribution in [3.63, 3.8) is 0 Å². The van der Waals surface area contributed by atoms with E-state index in [1.165, 1.54) is 12.1 Å². The van der Waals surface area contributed by atoms with E-state index in [0.29, 0.717) is 5.03 Å². The molecule has 0 spiro atoms. The molecule has 1 unspecified atom stereocenters. The molecule has 0 amide bonds. The summed E-state index contributed by atoms with van der Waals surface area (Å²) in [6.45, 7) is 6.94. The Labute approximate surface area is 163 Å². The zero-order valence-corrected chi connectivity index (χ0v) is 17.3. The second-order valence-electron chi connectivity index (χ2n) is 6.09. The number of H-pyrrole nitrogens is 1. The predicted molar refractivity (Wildman–Crippen MR) is 111 cm³/mol. The highest BCUT2D eigenvalue weighted by Gasteiger charge is 2.13. The van der Waals surface area contributed by atoms with E-state index in [0.717, 1.165) is 47.8 Å². The lowest BCUT2D eigenvalue weighted by Crippen LogP contribution is -2.23. The minimum absolute atomic E-state index is 0.268. The number of nitrogens with one attached hydrogen (secondary N) is 1. The van der Waals surface area contributed by atoms with Crippen molar-refractivity contribution in [2.45, 2.75) is 45.1 Å². The molecular weight excluding hydrogens is 361 g/mol. The average Bonchev–Trinajstić information content (AvgIpc) is 3.12. The molecule has 2 heterocycles. The first-order valence-corrected chi connectivity index (χ1v) is 10.6. The molecule has 0 saturated carbocycles. The maximum Gasteiger partial charge on any atom is 0.146 e. The third-order valence-corrected chi connectivity index (χ3v) is 5.58. The van der Waals surface area contributed by atoms with Crippen molar-refractivity contribution in [2.24, 2.45) is 0 Å². The van der Waals surface area contributed by atoms with Crippen LogP contribution in [0.1, 0.15) is 40.0 Å². The summed E-state index contributed by atoms with van der Waals surface area (Å²) in [5.74, 6) is -0.268. The van der Waals surface area contributed by atoms with Crippen LogP contribution in [0.25, 0.3) is 22.0 Å². The van der Waals surface area contributed by atoms with Gasteiger partial charge in [-0.25, -0.2) is 17.9 Å². The SMILES string of the molecule is CC.CCCCCN(C)S(=O)c1ccc(-c2c[nH]c3cc(F)ccc23)cn1. The maximum atomic E-state index is 13.3. The predicted octanol–water partition coefficient (Wildman–Crippen LogP) is 5.54. The Kier molecular flexibility index (Phi) is 8.13. The summed E-state index contributed by atoms with van der Waals surface area (Å²) in [5.41, 5.74) is 2.61. The van der Waals surface area contributed by atoms with Crippen molar-refractivity contribution in [1.29, 1.82) is 0 Å². The summed E-state index contributed by atoms with van der Waals surface area (Å²) in [6.07, 6.45) is 6.87. The molecule has 2 aromatic heterocycles. The van der Waals surface area contributed by atoms with Gasteiger partial charge in [0, 0.05) is 48.0 Å². The monoisotopic (exact) mass is 389 g/mol. The summed E-state index contributed by atoms with van der Waals surface area (Å²) in [5, 5.41) is 1.49. The number of rotatable bonds is 7. The van der Waals surface area contributed by atoms with E-state index in [9.17, 15) is 8.60 Å². The Morgan fingerprint density at radius 3 is 2.63 bits per heavy atom. The fourth-order valence-corrected chi connectivity index (χ4v) is 3.75. The molecular formula is C21H28FN3OS. The summed E-state index contributed by atoms with van der Waals surface area (Å²) < 4.78 is 27.6. The first-order valence-electron chi connectivity index (χ1n) is 9.46. The van der Waals surface area contributed by atoms with Crippen molar-refractivity contribution in [1.82, 2.24) is 14.3 Å². The van der Waals surface area contributed by atoms with Gasteiger partial charge in [-0.1, -0.05) is 33.6 Å². The third-order valence-electron chi connectivity index (χ3n) is 4.23. The molecule has 0 bridgehead atoms. The van der Waals surface area contributed by atoms with Crippen LogP contribution in [0.15, 0.2) is 47.8 Å². The Hall–Kier alpha value is -2.05. The zero-order chi connectivity index (χ0) is 19.8. The van der Waals surface area contributed by atoms with Gasteiger partial charge in [-0.15, -0.1) is 0 Å². The number of unbranched alkanes of at least 4 members (excludes halogenated alkanes) is 2. The van der Waals surface area contributed by atoms with E-state index >= 15 is 0 Å². The fraction of sp³-hybridized carbons (Fsp3) is 0.381. The number of aromatic nitrogens is 2. The van der Waals surface area contributed by atoms with Crippen LogP contribution in [0.5, 0.6) is 0 Å². The smallest absolute Gasteiger partial charge is 0.146 e. The summed E-state index contributed by atoms with van der Waals surface area (Å²) in [4.78, 5) is 7.45. The zero-order valence-electron chi connectivity index (χ0n) is 16.5. The Balaban J connectivity index is 0.00000126. The van der Waals surface area contributed by atoms with Crippen molar-refractivity contribution in [2.75, 3.05) is 13.6 Å². The molecule has 27 heavy (non-hydrogen) atoms. The Bertz CT molecular complexity index is 877. The normalized spacial score (nSPS) is 12.1. The molecule has 0 saturated heterocycles. The van der Waals surface area contributed by atoms with Gasteiger partial charge < -0.3 is 4.98 Å². The summed E-state index contributed by atoms with van der Waals surface area (Å²) in [6, 6.07) is 8.38. The van der Waals surface area contributed by atoms with E-state index in [1.54, 1.807) is 18.3 Å². The number of benzene rings is 1. The molecule has 0 aliphatic rings. The molecule has 4 nitrogen and oxygen atoms in total. The van der Waals surface area contributed by atoms with Gasteiger partial charge >= 0.3 is 0 Å². The number of nitrogens with zero attached hydrogens (tertiary/aromatic N) is 2. The molecule has 0 radical (unpaired) electrons. The van der Waals surface area contributed by atoms with E-state index in [1.807, 2.05) is 37.5 Å². The molecule has 1 N–H and O–H groups in total. The molecule has 1 atom stereocenters. The molecule has 146 valence electrons. The van der Waals surface area contributed by atoms with Crippen LogP contribution < -0.4 is 0 Å². The Morgan fingerprint density at radius 1 is 1.19 bits per heavy atom. The van der Waals surface area contributed by atoms with Crippen LogP contribution >= 0.6 is 0 Å². The fourth-order valence-electron chi connectivity index (χ4n) is 2.81. The lowest BCUT2D eigenvalue weighted by molar-refractivity contribution is 0.493. The summed E-state index contributed by atoms with van der Waals surface area (Å²) >= 11 is 0. The van der Waals surface area contributed by atoms with Gasteiger partial charge in [0.1, 0.15) is 21.8 Å². The quantitative estimate of drug-likeness (QED) is 0.539. The number of aromatic amines is 1. The highest BCUT2D eigenvalue weighted by atomic mass is 32.2. The number of hydrogen-bond donors (Lipinski definition) is 1. The molecule has 6 heteroatoms. The molecule has 3 aromatic rings. The molecule has 0 aliphatic carbocycles. The Morgan fingerprint density at radius 2 is 1.96 bits per heavy atom. The van der Waals surface area contributed by atoms with Gasteiger partial charge in [0.15, 0.2) is 0 Å². The molecule has 3 rings (SSSR count). The largest absolute Gasteiger partial charge is 0.360 e. The second-order valence-corrected chi connectivity index (χ2v) is 7.63. The topological polar surface area (TPSA) is 49.0 Å².